The van der Waals surface area contributed by atoms with Crippen LogP contribution in [0.1, 0.15) is 32.6 Å². The molecule has 0 saturated heterocycles. The molecule has 0 spiro atoms. The highest BCUT2D eigenvalue weighted by atomic mass is 32.1. The van der Waals surface area contributed by atoms with Gasteiger partial charge in [-0.25, -0.2) is 9.78 Å². The molecular weight excluding hydrogens is 294 g/mol. The van der Waals surface area contributed by atoms with Gasteiger partial charge >= 0.3 is 5.97 Å². The summed E-state index contributed by atoms with van der Waals surface area (Å²) < 4.78 is 4.93. The lowest BCUT2D eigenvalue weighted by molar-refractivity contribution is 0.0531. The van der Waals surface area contributed by atoms with Gasteiger partial charge in [0, 0.05) is 6.20 Å². The fourth-order valence-electron chi connectivity index (χ4n) is 1.59. The number of thiophene rings is 1. The maximum atomic E-state index is 11.9. The first-order chi connectivity index (χ1) is 10.0. The van der Waals surface area contributed by atoms with Gasteiger partial charge in [0.15, 0.2) is 0 Å². The van der Waals surface area contributed by atoms with Crippen molar-refractivity contribution in [1.29, 1.82) is 0 Å². The molecular formula is C13H13N3O4S. The Morgan fingerprint density at radius 2 is 2.24 bits per heavy atom. The molecule has 0 radical (unpaired) electrons. The Labute approximate surface area is 124 Å². The van der Waals surface area contributed by atoms with Crippen molar-refractivity contribution in [3.8, 4) is 0 Å². The molecule has 8 heteroatoms. The van der Waals surface area contributed by atoms with Gasteiger partial charge in [-0.15, -0.1) is 11.3 Å². The van der Waals surface area contributed by atoms with Crippen molar-refractivity contribution < 1.29 is 14.3 Å². The van der Waals surface area contributed by atoms with Gasteiger partial charge in [-0.2, -0.15) is 0 Å². The Morgan fingerprint density at radius 3 is 2.86 bits per heavy atom. The average molecular weight is 307 g/mol. The fourth-order valence-corrected chi connectivity index (χ4v) is 2.55. The molecule has 0 aliphatic carbocycles. The van der Waals surface area contributed by atoms with Crippen molar-refractivity contribution >= 4 is 28.2 Å². The van der Waals surface area contributed by atoms with Crippen molar-refractivity contribution in [3.63, 3.8) is 0 Å². The second kappa shape index (κ2) is 6.31. The molecule has 2 aromatic rings. The lowest BCUT2D eigenvalue weighted by Crippen LogP contribution is -2.16. The molecule has 2 aromatic heterocycles. The lowest BCUT2D eigenvalue weighted by atomic mass is 10.3. The van der Waals surface area contributed by atoms with Crippen molar-refractivity contribution in [3.05, 3.63) is 44.9 Å². The third-order valence-electron chi connectivity index (χ3n) is 2.52. The summed E-state index contributed by atoms with van der Waals surface area (Å²) in [6, 6.07) is 1.68. The summed E-state index contributed by atoms with van der Waals surface area (Å²) in [5, 5.41) is 3.13. The van der Waals surface area contributed by atoms with E-state index in [1.807, 2.05) is 0 Å². The van der Waals surface area contributed by atoms with Crippen molar-refractivity contribution in [2.24, 2.45) is 0 Å². The van der Waals surface area contributed by atoms with Crippen LogP contribution in [-0.4, -0.2) is 28.5 Å². The van der Waals surface area contributed by atoms with Crippen LogP contribution >= 0.6 is 11.3 Å². The minimum absolute atomic E-state index is 0.0818. The number of carbonyl (C=O) groups excluding carboxylic acids is 2. The number of aromatic nitrogens is 2. The Kier molecular flexibility index (Phi) is 4.49. The van der Waals surface area contributed by atoms with Crippen LogP contribution in [0.2, 0.25) is 0 Å². The van der Waals surface area contributed by atoms with Gasteiger partial charge in [0.2, 0.25) is 0 Å². The standard InChI is InChI=1S/C13H13N3O4S/c1-3-20-13(19)11-7(2)4-10(21-11)16-12(18)8-5-15-9(17)6-14-8/h4-6H,3H2,1-2H3,(H,15,17)(H,16,18). The van der Waals surface area contributed by atoms with Gasteiger partial charge in [-0.1, -0.05) is 0 Å². The molecule has 7 nitrogen and oxygen atoms in total. The number of amides is 1. The van der Waals surface area contributed by atoms with E-state index in [9.17, 15) is 14.4 Å². The molecule has 0 aliphatic rings. The van der Waals surface area contributed by atoms with Crippen LogP contribution in [0.5, 0.6) is 0 Å². The van der Waals surface area contributed by atoms with Crippen molar-refractivity contribution in [2.45, 2.75) is 13.8 Å². The van der Waals surface area contributed by atoms with Gasteiger partial charge in [0.1, 0.15) is 10.6 Å². The van der Waals surface area contributed by atoms with Crippen LogP contribution in [0, 0.1) is 6.92 Å². The number of hydrogen-bond acceptors (Lipinski definition) is 6. The molecule has 0 saturated carbocycles. The number of ether oxygens (including phenoxy) is 1. The van der Waals surface area contributed by atoms with Gasteiger partial charge in [0.05, 0.1) is 17.8 Å². The molecule has 1 amide bonds. The van der Waals surface area contributed by atoms with Gasteiger partial charge in [0.25, 0.3) is 11.5 Å². The SMILES string of the molecule is CCOC(=O)c1sc(NC(=O)c2c[nH]c(=O)cn2)cc1C. The van der Waals surface area contributed by atoms with E-state index in [4.69, 9.17) is 4.74 Å². The van der Waals surface area contributed by atoms with Gasteiger partial charge in [-0.05, 0) is 25.5 Å². The number of esters is 1. The summed E-state index contributed by atoms with van der Waals surface area (Å²) in [4.78, 5) is 41.1. The van der Waals surface area contributed by atoms with E-state index in [1.165, 1.54) is 6.20 Å². The number of H-pyrrole nitrogens is 1. The fraction of sp³-hybridized carbons (Fsp3) is 0.231. The van der Waals surface area contributed by atoms with Crippen LogP contribution in [0.3, 0.4) is 0 Å². The maximum absolute atomic E-state index is 11.9. The zero-order valence-corrected chi connectivity index (χ0v) is 12.2. The first kappa shape index (κ1) is 14.9. The van der Waals surface area contributed by atoms with Crippen LogP contribution in [0.15, 0.2) is 23.3 Å². The first-order valence-corrected chi connectivity index (χ1v) is 6.96. The van der Waals surface area contributed by atoms with Crippen LogP contribution in [0.4, 0.5) is 5.00 Å². The third kappa shape index (κ3) is 3.54. The summed E-state index contributed by atoms with van der Waals surface area (Å²) in [6.45, 7) is 3.78. The van der Waals surface area contributed by atoms with Gasteiger partial charge < -0.3 is 15.0 Å². The number of anilines is 1. The summed E-state index contributed by atoms with van der Waals surface area (Å²) in [6.07, 6.45) is 2.25. The average Bonchev–Trinajstić information content (AvgIpc) is 2.80. The smallest absolute Gasteiger partial charge is 0.348 e. The quantitative estimate of drug-likeness (QED) is 0.835. The number of nitrogens with one attached hydrogen (secondary N) is 2. The van der Waals surface area contributed by atoms with Gasteiger partial charge in [-0.3, -0.25) is 9.59 Å². The molecule has 21 heavy (non-hydrogen) atoms. The van der Waals surface area contributed by atoms with Crippen LogP contribution in [-0.2, 0) is 4.74 Å². The number of aryl methyl sites for hydroxylation is 1. The van der Waals surface area contributed by atoms with Crippen LogP contribution in [0.25, 0.3) is 0 Å². The van der Waals surface area contributed by atoms with E-state index in [0.29, 0.717) is 16.5 Å². The minimum Gasteiger partial charge on any atom is -0.462 e. The van der Waals surface area contributed by atoms with Crippen molar-refractivity contribution in [2.75, 3.05) is 11.9 Å². The highest BCUT2D eigenvalue weighted by Gasteiger charge is 2.16. The first-order valence-electron chi connectivity index (χ1n) is 6.15. The van der Waals surface area contributed by atoms with Crippen LogP contribution < -0.4 is 10.9 Å². The maximum Gasteiger partial charge on any atom is 0.348 e. The molecule has 2 heterocycles. The molecule has 2 rings (SSSR count). The molecule has 2 N–H and O–H groups in total. The number of hydrogen-bond donors (Lipinski definition) is 2. The van der Waals surface area contributed by atoms with E-state index >= 15 is 0 Å². The summed E-state index contributed by atoms with van der Waals surface area (Å²) in [5.74, 6) is -0.884. The Balaban J connectivity index is 2.15. The van der Waals surface area contributed by atoms with Crippen molar-refractivity contribution in [1.82, 2.24) is 9.97 Å². The third-order valence-corrected chi connectivity index (χ3v) is 3.65. The van der Waals surface area contributed by atoms with E-state index < -0.39 is 11.9 Å². The molecule has 0 unspecified atom stereocenters. The molecule has 0 atom stereocenters. The predicted molar refractivity (Wildman–Crippen MR) is 77.8 cm³/mol. The van der Waals surface area contributed by atoms with E-state index in [2.05, 4.69) is 15.3 Å². The largest absolute Gasteiger partial charge is 0.462 e. The Morgan fingerprint density at radius 1 is 1.48 bits per heavy atom. The zero-order valence-electron chi connectivity index (χ0n) is 11.4. The van der Waals surface area contributed by atoms with E-state index in [1.54, 1.807) is 19.9 Å². The zero-order chi connectivity index (χ0) is 15.4. The lowest BCUT2D eigenvalue weighted by Gasteiger charge is -2.00. The number of rotatable bonds is 4. The second-order valence-electron chi connectivity index (χ2n) is 4.09. The molecule has 0 bridgehead atoms. The summed E-state index contributed by atoms with van der Waals surface area (Å²) >= 11 is 1.13. The highest BCUT2D eigenvalue weighted by molar-refractivity contribution is 7.18. The van der Waals surface area contributed by atoms with E-state index in [0.717, 1.165) is 23.1 Å². The topological polar surface area (TPSA) is 101 Å². The number of aromatic amines is 1. The number of carbonyl (C=O) groups is 2. The Bertz CT molecular complexity index is 715. The molecule has 0 aromatic carbocycles. The summed E-state index contributed by atoms with van der Waals surface area (Å²) in [7, 11) is 0. The second-order valence-corrected chi connectivity index (χ2v) is 5.15. The van der Waals surface area contributed by atoms with E-state index in [-0.39, 0.29) is 11.3 Å². The predicted octanol–water partition coefficient (Wildman–Crippen LogP) is 1.57. The number of nitrogens with zero attached hydrogens (tertiary/aromatic N) is 1. The monoisotopic (exact) mass is 307 g/mol. The Hall–Kier alpha value is -2.48. The molecule has 110 valence electrons. The summed E-state index contributed by atoms with van der Waals surface area (Å²) in [5.41, 5.74) is 0.421. The minimum atomic E-state index is -0.470. The highest BCUT2D eigenvalue weighted by Crippen LogP contribution is 2.27. The molecule has 0 fully saturated rings. The molecule has 0 aliphatic heterocycles. The normalized spacial score (nSPS) is 10.2.